The van der Waals surface area contributed by atoms with Crippen LogP contribution in [0.3, 0.4) is 0 Å². The van der Waals surface area contributed by atoms with E-state index in [1.807, 2.05) is 13.2 Å². The van der Waals surface area contributed by atoms with Gasteiger partial charge >= 0.3 is 0 Å². The van der Waals surface area contributed by atoms with Crippen LogP contribution in [0.15, 0.2) is 12.3 Å². The van der Waals surface area contributed by atoms with Gasteiger partial charge in [0.05, 0.1) is 0 Å². The fourth-order valence-electron chi connectivity index (χ4n) is 3.30. The van der Waals surface area contributed by atoms with Crippen LogP contribution in [-0.2, 0) is 6.54 Å². The second kappa shape index (κ2) is 7.79. The number of hydrogen-bond donors (Lipinski definition) is 1. The highest BCUT2D eigenvalue weighted by atomic mass is 15.2. The maximum atomic E-state index is 4.81. The number of nitrogens with one attached hydrogen (secondary N) is 1. The van der Waals surface area contributed by atoms with E-state index in [1.54, 1.807) is 0 Å². The minimum atomic E-state index is 0.699. The Balaban J connectivity index is 2.18. The normalized spacial score (nSPS) is 15.9. The van der Waals surface area contributed by atoms with Crippen molar-refractivity contribution in [1.82, 2.24) is 10.3 Å². The maximum absolute atomic E-state index is 4.81. The Bertz CT molecular complexity index is 436. The fourth-order valence-corrected chi connectivity index (χ4v) is 3.30. The van der Waals surface area contributed by atoms with Crippen molar-refractivity contribution in [2.45, 2.75) is 65.5 Å². The summed E-state index contributed by atoms with van der Waals surface area (Å²) in [4.78, 5) is 7.39. The van der Waals surface area contributed by atoms with Crippen molar-refractivity contribution in [1.29, 1.82) is 0 Å². The molecule has 21 heavy (non-hydrogen) atoms. The van der Waals surface area contributed by atoms with Crippen LogP contribution in [-0.4, -0.2) is 24.6 Å². The predicted molar refractivity (Wildman–Crippen MR) is 90.8 cm³/mol. The minimum absolute atomic E-state index is 0.699. The highest BCUT2D eigenvalue weighted by Gasteiger charge is 2.24. The zero-order chi connectivity index (χ0) is 15.2. The summed E-state index contributed by atoms with van der Waals surface area (Å²) < 4.78 is 0. The van der Waals surface area contributed by atoms with Gasteiger partial charge in [-0.1, -0.05) is 26.7 Å². The van der Waals surface area contributed by atoms with Crippen molar-refractivity contribution in [3.8, 4) is 0 Å². The van der Waals surface area contributed by atoms with Crippen LogP contribution in [0.2, 0.25) is 0 Å². The Hall–Kier alpha value is -1.09. The van der Waals surface area contributed by atoms with Crippen LogP contribution in [0.25, 0.3) is 0 Å². The van der Waals surface area contributed by atoms with E-state index in [4.69, 9.17) is 4.98 Å². The molecule has 0 saturated heterocycles. The molecule has 0 aromatic carbocycles. The summed E-state index contributed by atoms with van der Waals surface area (Å²) in [6.45, 7) is 8.86. The molecule has 0 bridgehead atoms. The van der Waals surface area contributed by atoms with E-state index >= 15 is 0 Å². The van der Waals surface area contributed by atoms with E-state index < -0.39 is 0 Å². The average molecular weight is 289 g/mol. The van der Waals surface area contributed by atoms with Gasteiger partial charge in [0.15, 0.2) is 0 Å². The van der Waals surface area contributed by atoms with E-state index in [0.29, 0.717) is 6.04 Å². The molecule has 1 aliphatic rings. The number of aryl methyl sites for hydroxylation is 1. The topological polar surface area (TPSA) is 28.2 Å². The number of rotatable bonds is 7. The zero-order valence-corrected chi connectivity index (χ0v) is 14.2. The molecule has 1 aromatic rings. The lowest BCUT2D eigenvalue weighted by Crippen LogP contribution is -2.36. The molecule has 0 unspecified atom stereocenters. The van der Waals surface area contributed by atoms with Crippen molar-refractivity contribution in [3.63, 3.8) is 0 Å². The van der Waals surface area contributed by atoms with Gasteiger partial charge in [0.25, 0.3) is 0 Å². The molecule has 0 spiro atoms. The van der Waals surface area contributed by atoms with Crippen molar-refractivity contribution in [3.05, 3.63) is 23.4 Å². The van der Waals surface area contributed by atoms with Gasteiger partial charge in [0, 0.05) is 25.3 Å². The number of aromatic nitrogens is 1. The zero-order valence-electron chi connectivity index (χ0n) is 14.2. The summed E-state index contributed by atoms with van der Waals surface area (Å²) in [5.74, 6) is 1.96. The molecule has 118 valence electrons. The third-order valence-corrected chi connectivity index (χ3v) is 4.47. The molecule has 3 nitrogen and oxygen atoms in total. The van der Waals surface area contributed by atoms with Crippen LogP contribution >= 0.6 is 0 Å². The van der Waals surface area contributed by atoms with Gasteiger partial charge < -0.3 is 10.2 Å². The Kier molecular flexibility index (Phi) is 6.04. The molecule has 0 atom stereocenters. The summed E-state index contributed by atoms with van der Waals surface area (Å²) in [5, 5.41) is 3.20. The van der Waals surface area contributed by atoms with Gasteiger partial charge in [-0.2, -0.15) is 0 Å². The first-order chi connectivity index (χ1) is 10.1. The predicted octanol–water partition coefficient (Wildman–Crippen LogP) is 3.90. The van der Waals surface area contributed by atoms with E-state index in [0.717, 1.165) is 19.0 Å². The number of anilines is 1. The Morgan fingerprint density at radius 3 is 2.62 bits per heavy atom. The maximum Gasteiger partial charge on any atom is 0.131 e. The molecular formula is C18H31N3. The van der Waals surface area contributed by atoms with E-state index in [9.17, 15) is 0 Å². The molecular weight excluding hydrogens is 258 g/mol. The van der Waals surface area contributed by atoms with Crippen LogP contribution in [0, 0.1) is 12.8 Å². The molecule has 1 aliphatic carbocycles. The van der Waals surface area contributed by atoms with Gasteiger partial charge in [0.1, 0.15) is 5.82 Å². The molecule has 1 aromatic heterocycles. The van der Waals surface area contributed by atoms with Gasteiger partial charge in [-0.25, -0.2) is 4.98 Å². The number of pyridine rings is 1. The van der Waals surface area contributed by atoms with Crippen molar-refractivity contribution in [2.24, 2.45) is 5.92 Å². The van der Waals surface area contributed by atoms with Crippen LogP contribution in [0.4, 0.5) is 5.82 Å². The third-order valence-electron chi connectivity index (χ3n) is 4.47. The lowest BCUT2D eigenvalue weighted by Gasteiger charge is -2.32. The molecule has 0 amide bonds. The molecule has 0 aliphatic heterocycles. The fraction of sp³-hybridized carbons (Fsp3) is 0.722. The lowest BCUT2D eigenvalue weighted by molar-refractivity contribution is 0.524. The second-order valence-electron chi connectivity index (χ2n) is 6.83. The van der Waals surface area contributed by atoms with Crippen LogP contribution in [0.5, 0.6) is 0 Å². The average Bonchev–Trinajstić information content (AvgIpc) is 2.95. The molecule has 0 radical (unpaired) electrons. The highest BCUT2D eigenvalue weighted by Crippen LogP contribution is 2.29. The summed E-state index contributed by atoms with van der Waals surface area (Å²) in [6.07, 6.45) is 8.69. The third kappa shape index (κ3) is 4.44. The number of nitrogens with zero attached hydrogens (tertiary/aromatic N) is 2. The monoisotopic (exact) mass is 289 g/mol. The molecule has 3 heteroatoms. The highest BCUT2D eigenvalue weighted by molar-refractivity contribution is 5.48. The van der Waals surface area contributed by atoms with Crippen molar-refractivity contribution in [2.75, 3.05) is 18.5 Å². The van der Waals surface area contributed by atoms with E-state index in [-0.39, 0.29) is 0 Å². The largest absolute Gasteiger partial charge is 0.353 e. The molecule has 1 saturated carbocycles. The number of hydrogen-bond acceptors (Lipinski definition) is 3. The standard InChI is InChI=1S/C18H31N3/c1-14(2)9-10-21(17-7-5-6-8-17)18-15(3)11-16(12-19-4)13-20-18/h11,13-14,17,19H,5-10,12H2,1-4H3. The Morgan fingerprint density at radius 2 is 2.05 bits per heavy atom. The lowest BCUT2D eigenvalue weighted by atomic mass is 10.1. The Morgan fingerprint density at radius 1 is 1.33 bits per heavy atom. The Labute approximate surface area is 130 Å². The van der Waals surface area contributed by atoms with Gasteiger partial charge in [-0.3, -0.25) is 0 Å². The quantitative estimate of drug-likeness (QED) is 0.825. The summed E-state index contributed by atoms with van der Waals surface area (Å²) in [7, 11) is 1.98. The first-order valence-electron chi connectivity index (χ1n) is 8.48. The van der Waals surface area contributed by atoms with Gasteiger partial charge in [0.2, 0.25) is 0 Å². The first-order valence-corrected chi connectivity index (χ1v) is 8.48. The molecule has 2 rings (SSSR count). The van der Waals surface area contributed by atoms with E-state index in [1.165, 1.54) is 49.0 Å². The molecule has 1 fully saturated rings. The minimum Gasteiger partial charge on any atom is -0.353 e. The first kappa shape index (κ1) is 16.3. The summed E-state index contributed by atoms with van der Waals surface area (Å²) >= 11 is 0. The molecule has 1 heterocycles. The van der Waals surface area contributed by atoms with Crippen molar-refractivity contribution < 1.29 is 0 Å². The van der Waals surface area contributed by atoms with Gasteiger partial charge in [-0.15, -0.1) is 0 Å². The summed E-state index contributed by atoms with van der Waals surface area (Å²) in [5.41, 5.74) is 2.59. The van der Waals surface area contributed by atoms with Gasteiger partial charge in [-0.05, 0) is 56.3 Å². The smallest absolute Gasteiger partial charge is 0.131 e. The van der Waals surface area contributed by atoms with Crippen LogP contribution in [0.1, 0.15) is 57.1 Å². The second-order valence-corrected chi connectivity index (χ2v) is 6.83. The summed E-state index contributed by atoms with van der Waals surface area (Å²) in [6, 6.07) is 2.99. The van der Waals surface area contributed by atoms with Crippen molar-refractivity contribution >= 4 is 5.82 Å². The van der Waals surface area contributed by atoms with Crippen LogP contribution < -0.4 is 10.2 Å². The SMILES string of the molecule is CNCc1cnc(N(CCC(C)C)C2CCCC2)c(C)c1. The molecule has 1 N–H and O–H groups in total. The van der Waals surface area contributed by atoms with E-state index in [2.05, 4.69) is 37.1 Å².